The molecule has 0 atom stereocenters. The van der Waals surface area contributed by atoms with Crippen LogP contribution < -0.4 is 17.0 Å². The number of pyridine rings is 1. The summed E-state index contributed by atoms with van der Waals surface area (Å²) in [6, 6.07) is 11.8. The van der Waals surface area contributed by atoms with Gasteiger partial charge in [-0.3, -0.25) is 14.4 Å². The summed E-state index contributed by atoms with van der Waals surface area (Å²) in [4.78, 5) is 35.1. The standard InChI is InChI=1S/C20H17FN2O2.C4H6S.CH3NO/c21-14-6-2-5-12(9-14)17-15(11-3-1-4-11)8-7-13-10-16(19(22)24)20(25)23-18(13)17;1-2-4-5-3-1;2-1-3/h2,5-11H,1,3-4H2,(H2,22,24)(H,23,25);1,3H,2,4H2;1H,(H2,2,3). The number of thioether (sulfide) groups is 1. The zero-order chi connectivity index (χ0) is 23.8. The Morgan fingerprint density at radius 2 is 1.94 bits per heavy atom. The maximum Gasteiger partial charge on any atom is 0.261 e. The van der Waals surface area contributed by atoms with Gasteiger partial charge in [0.15, 0.2) is 0 Å². The number of carbonyl (C=O) groups is 2. The molecule has 1 aliphatic heterocycles. The van der Waals surface area contributed by atoms with Crippen LogP contribution in [0.15, 0.2) is 58.7 Å². The number of carbonyl (C=O) groups excluding carboxylic acids is 2. The quantitative estimate of drug-likeness (QED) is 0.493. The molecule has 0 radical (unpaired) electrons. The van der Waals surface area contributed by atoms with E-state index in [1.165, 1.54) is 36.8 Å². The van der Waals surface area contributed by atoms with E-state index in [1.807, 2.05) is 30.0 Å². The van der Waals surface area contributed by atoms with Crippen molar-refractivity contribution in [3.63, 3.8) is 0 Å². The van der Waals surface area contributed by atoms with Gasteiger partial charge < -0.3 is 16.5 Å². The van der Waals surface area contributed by atoms with Crippen LogP contribution in [0, 0.1) is 5.82 Å². The number of benzene rings is 2. The van der Waals surface area contributed by atoms with Gasteiger partial charge in [0, 0.05) is 11.3 Å². The van der Waals surface area contributed by atoms with Gasteiger partial charge in [-0.05, 0) is 65.3 Å². The lowest BCUT2D eigenvalue weighted by atomic mass is 9.76. The lowest BCUT2D eigenvalue weighted by Gasteiger charge is -2.28. The summed E-state index contributed by atoms with van der Waals surface area (Å²) in [5, 5.41) is 2.86. The average Bonchev–Trinajstić information content (AvgIpc) is 3.32. The summed E-state index contributed by atoms with van der Waals surface area (Å²) in [5.74, 6) is 0.616. The van der Waals surface area contributed by atoms with Crippen LogP contribution in [0.3, 0.4) is 0 Å². The number of fused-ring (bicyclic) bond motifs is 1. The maximum atomic E-state index is 13.8. The summed E-state index contributed by atoms with van der Waals surface area (Å²) >= 11 is 1.89. The Balaban J connectivity index is 0.000000328. The van der Waals surface area contributed by atoms with Gasteiger partial charge in [0.1, 0.15) is 11.4 Å². The van der Waals surface area contributed by atoms with Gasteiger partial charge in [-0.1, -0.05) is 36.8 Å². The minimum Gasteiger partial charge on any atom is -0.372 e. The summed E-state index contributed by atoms with van der Waals surface area (Å²) in [6.45, 7) is 0. The second kappa shape index (κ2) is 11.5. The molecule has 5 rings (SSSR count). The highest BCUT2D eigenvalue weighted by Crippen LogP contribution is 2.43. The van der Waals surface area contributed by atoms with Crippen molar-refractivity contribution in [1.82, 2.24) is 4.98 Å². The number of halogens is 1. The Bertz CT molecular complexity index is 1230. The number of nitrogens with two attached hydrogens (primary N) is 2. The van der Waals surface area contributed by atoms with Crippen molar-refractivity contribution in [2.24, 2.45) is 11.5 Å². The predicted molar refractivity (Wildman–Crippen MR) is 132 cm³/mol. The van der Waals surface area contributed by atoms with Crippen LogP contribution in [0.25, 0.3) is 22.0 Å². The third kappa shape index (κ3) is 5.90. The van der Waals surface area contributed by atoms with E-state index in [0.29, 0.717) is 16.8 Å². The highest BCUT2D eigenvalue weighted by molar-refractivity contribution is 8.02. The van der Waals surface area contributed by atoms with Crippen molar-refractivity contribution in [3.8, 4) is 11.1 Å². The second-order valence-corrected chi connectivity index (χ2v) is 8.69. The lowest BCUT2D eigenvalue weighted by Crippen LogP contribution is -2.23. The lowest BCUT2D eigenvalue weighted by molar-refractivity contribution is -0.106. The van der Waals surface area contributed by atoms with Crippen molar-refractivity contribution in [2.75, 3.05) is 5.75 Å². The monoisotopic (exact) mass is 467 g/mol. The van der Waals surface area contributed by atoms with Crippen molar-refractivity contribution in [2.45, 2.75) is 31.6 Å². The average molecular weight is 468 g/mol. The minimum atomic E-state index is -0.765. The van der Waals surface area contributed by atoms with Crippen LogP contribution in [0.1, 0.15) is 47.5 Å². The molecule has 0 bridgehead atoms. The Hall–Kier alpha value is -3.39. The summed E-state index contributed by atoms with van der Waals surface area (Å²) in [6.07, 6.45) is 7.06. The number of rotatable bonds is 3. The van der Waals surface area contributed by atoms with E-state index in [-0.39, 0.29) is 17.8 Å². The molecule has 172 valence electrons. The molecule has 1 fully saturated rings. The van der Waals surface area contributed by atoms with E-state index in [2.05, 4.69) is 22.2 Å². The number of aromatic nitrogens is 1. The first kappa shape index (κ1) is 24.3. The van der Waals surface area contributed by atoms with E-state index < -0.39 is 11.5 Å². The normalized spacial score (nSPS) is 14.5. The van der Waals surface area contributed by atoms with Crippen LogP contribution in [0.2, 0.25) is 0 Å². The molecule has 1 saturated carbocycles. The third-order valence-electron chi connectivity index (χ3n) is 5.57. The molecule has 2 aliphatic rings. The molecule has 6 nitrogen and oxygen atoms in total. The van der Waals surface area contributed by atoms with Crippen molar-refractivity contribution in [1.29, 1.82) is 0 Å². The van der Waals surface area contributed by atoms with Crippen LogP contribution >= 0.6 is 11.8 Å². The van der Waals surface area contributed by atoms with Gasteiger partial charge in [0.2, 0.25) is 6.41 Å². The van der Waals surface area contributed by atoms with Gasteiger partial charge in [-0.2, -0.15) is 0 Å². The summed E-state index contributed by atoms with van der Waals surface area (Å²) in [7, 11) is 0. The highest BCUT2D eigenvalue weighted by atomic mass is 32.2. The molecule has 0 spiro atoms. The molecule has 2 heterocycles. The number of aromatic amines is 1. The first-order valence-electron chi connectivity index (χ1n) is 10.6. The SMILES string of the molecule is C1=CSCC1.NC(=O)c1cc2ccc(C3CCC3)c(-c3cccc(F)c3)c2[nH]c1=O.NC=O. The van der Waals surface area contributed by atoms with Crippen LogP contribution in [-0.4, -0.2) is 23.1 Å². The maximum absolute atomic E-state index is 13.8. The van der Waals surface area contributed by atoms with Gasteiger partial charge in [-0.25, -0.2) is 4.39 Å². The molecule has 0 saturated heterocycles. The molecule has 2 amide bonds. The first-order valence-corrected chi connectivity index (χ1v) is 11.7. The Kier molecular flexibility index (Phi) is 8.43. The summed E-state index contributed by atoms with van der Waals surface area (Å²) < 4.78 is 13.8. The van der Waals surface area contributed by atoms with Crippen LogP contribution in [0.5, 0.6) is 0 Å². The van der Waals surface area contributed by atoms with E-state index >= 15 is 0 Å². The zero-order valence-corrected chi connectivity index (χ0v) is 18.9. The molecular weight excluding hydrogens is 441 g/mol. The van der Waals surface area contributed by atoms with Crippen molar-refractivity contribution in [3.05, 3.63) is 81.2 Å². The van der Waals surface area contributed by atoms with Gasteiger partial charge >= 0.3 is 0 Å². The van der Waals surface area contributed by atoms with Gasteiger partial charge in [0.05, 0.1) is 5.52 Å². The topological polar surface area (TPSA) is 119 Å². The smallest absolute Gasteiger partial charge is 0.261 e. The summed E-state index contributed by atoms with van der Waals surface area (Å²) in [5.41, 5.74) is 12.1. The van der Waals surface area contributed by atoms with E-state index in [0.717, 1.165) is 29.5 Å². The fourth-order valence-corrected chi connectivity index (χ4v) is 4.51. The van der Waals surface area contributed by atoms with Gasteiger partial charge in [-0.15, -0.1) is 11.8 Å². The largest absolute Gasteiger partial charge is 0.372 e. The predicted octanol–water partition coefficient (Wildman–Crippen LogP) is 4.44. The second-order valence-electron chi connectivity index (χ2n) is 7.68. The van der Waals surface area contributed by atoms with E-state index in [1.54, 1.807) is 6.07 Å². The van der Waals surface area contributed by atoms with Crippen molar-refractivity contribution < 1.29 is 14.0 Å². The number of hydrogen-bond acceptors (Lipinski definition) is 4. The van der Waals surface area contributed by atoms with Crippen LogP contribution in [-0.2, 0) is 4.79 Å². The number of H-pyrrole nitrogens is 1. The fraction of sp³-hybridized carbons (Fsp3) is 0.240. The zero-order valence-electron chi connectivity index (χ0n) is 18.1. The van der Waals surface area contributed by atoms with Crippen molar-refractivity contribution >= 4 is 35.0 Å². The first-order chi connectivity index (χ1) is 16.0. The highest BCUT2D eigenvalue weighted by Gasteiger charge is 2.25. The minimum absolute atomic E-state index is 0.0749. The Morgan fingerprint density at radius 3 is 2.45 bits per heavy atom. The molecule has 0 unspecified atom stereocenters. The third-order valence-corrected chi connectivity index (χ3v) is 6.43. The number of nitrogens with one attached hydrogen (secondary N) is 1. The van der Waals surface area contributed by atoms with E-state index in [4.69, 9.17) is 10.5 Å². The molecular formula is C25H26FN3O3S. The molecule has 1 aliphatic carbocycles. The number of amides is 2. The number of primary amides is 2. The number of hydrogen-bond donors (Lipinski definition) is 3. The molecule has 5 N–H and O–H groups in total. The molecule has 3 aromatic rings. The molecule has 1 aromatic heterocycles. The molecule has 8 heteroatoms. The fourth-order valence-electron chi connectivity index (χ4n) is 3.83. The van der Waals surface area contributed by atoms with Gasteiger partial charge in [0.25, 0.3) is 11.5 Å². The molecule has 2 aromatic carbocycles. The van der Waals surface area contributed by atoms with Crippen LogP contribution in [0.4, 0.5) is 4.39 Å². The Labute approximate surface area is 195 Å². The van der Waals surface area contributed by atoms with E-state index in [9.17, 15) is 14.0 Å². The molecule has 33 heavy (non-hydrogen) atoms. The Morgan fingerprint density at radius 1 is 1.18 bits per heavy atom. The number of allylic oxidation sites excluding steroid dienone is 1.